The average molecular weight is 551 g/mol. The van der Waals surface area contributed by atoms with Crippen LogP contribution < -0.4 is 10.6 Å². The van der Waals surface area contributed by atoms with E-state index in [4.69, 9.17) is 4.74 Å². The van der Waals surface area contributed by atoms with Crippen molar-refractivity contribution in [3.8, 4) is 6.07 Å². The second-order valence-electron chi connectivity index (χ2n) is 11.9. The van der Waals surface area contributed by atoms with Crippen LogP contribution in [0.2, 0.25) is 0 Å². The van der Waals surface area contributed by atoms with Gasteiger partial charge in [0.2, 0.25) is 11.9 Å². The molecule has 0 aromatic heterocycles. The molecule has 10 nitrogen and oxygen atoms in total. The largest absolute Gasteiger partial charge is 0.378 e. The van der Waals surface area contributed by atoms with Crippen molar-refractivity contribution in [2.75, 3.05) is 52.2 Å². The minimum absolute atomic E-state index is 0.197. The van der Waals surface area contributed by atoms with E-state index in [0.717, 1.165) is 45.0 Å². The molecule has 4 rings (SSSR count). The molecule has 214 valence electrons. The van der Waals surface area contributed by atoms with Crippen LogP contribution in [0.1, 0.15) is 77.0 Å². The van der Waals surface area contributed by atoms with Crippen LogP contribution in [0.25, 0.3) is 0 Å². The fraction of sp³-hybridized carbons (Fsp3) is 0.889. The number of nitrogens with zero attached hydrogens (tertiary/aromatic N) is 4. The maximum Gasteiger partial charge on any atom is 0.253 e. The molecule has 0 bridgehead atoms. The van der Waals surface area contributed by atoms with Crippen LogP contribution in [-0.2, 0) is 19.6 Å². The summed E-state index contributed by atoms with van der Waals surface area (Å²) >= 11 is 0. The Kier molecular flexibility index (Phi) is 10.3. The van der Waals surface area contributed by atoms with E-state index in [9.17, 15) is 18.5 Å². The number of morpholine rings is 1. The predicted octanol–water partition coefficient (Wildman–Crippen LogP) is 2.23. The summed E-state index contributed by atoms with van der Waals surface area (Å²) in [5, 5.41) is 16.5. The van der Waals surface area contributed by atoms with Gasteiger partial charge in [0.25, 0.3) is 10.0 Å². The molecule has 0 aromatic rings. The summed E-state index contributed by atoms with van der Waals surface area (Å²) in [6, 6.07) is 1.77. The van der Waals surface area contributed by atoms with Gasteiger partial charge in [0.05, 0.1) is 25.5 Å². The van der Waals surface area contributed by atoms with Crippen molar-refractivity contribution in [1.29, 1.82) is 5.26 Å². The third-order valence-corrected chi connectivity index (χ3v) is 9.15. The van der Waals surface area contributed by atoms with Crippen LogP contribution >= 0.6 is 0 Å². The Morgan fingerprint density at radius 2 is 1.68 bits per heavy atom. The highest BCUT2D eigenvalue weighted by Crippen LogP contribution is 2.30. The minimum atomic E-state index is -3.69. The molecular formula is C27H46N6O4S. The monoisotopic (exact) mass is 550 g/mol. The second-order valence-corrected chi connectivity index (χ2v) is 13.5. The zero-order valence-electron chi connectivity index (χ0n) is 23.0. The van der Waals surface area contributed by atoms with Crippen molar-refractivity contribution >= 4 is 21.9 Å². The summed E-state index contributed by atoms with van der Waals surface area (Å²) in [6.45, 7) is 4.27. The quantitative estimate of drug-likeness (QED) is 0.348. The number of hydrogen-bond acceptors (Lipinski definition) is 6. The Hall–Kier alpha value is -1.90. The topological polar surface area (TPSA) is 127 Å². The first-order valence-electron chi connectivity index (χ1n) is 14.6. The number of rotatable bonds is 8. The number of carbonyl (C=O) groups excluding carboxylic acids is 1. The van der Waals surface area contributed by atoms with E-state index in [1.165, 1.54) is 38.5 Å². The third-order valence-electron chi connectivity index (χ3n) is 8.64. The molecular weight excluding hydrogens is 504 g/mol. The zero-order chi connectivity index (χ0) is 27.0. The summed E-state index contributed by atoms with van der Waals surface area (Å²) in [4.78, 5) is 18.0. The molecule has 2 N–H and O–H groups in total. The van der Waals surface area contributed by atoms with Gasteiger partial charge in [-0.2, -0.15) is 5.26 Å². The van der Waals surface area contributed by atoms with E-state index in [1.54, 1.807) is 0 Å². The smallest absolute Gasteiger partial charge is 0.253 e. The lowest BCUT2D eigenvalue weighted by atomic mass is 9.84. The van der Waals surface area contributed by atoms with Crippen molar-refractivity contribution < 1.29 is 17.9 Å². The number of sulfonamides is 1. The summed E-state index contributed by atoms with van der Waals surface area (Å²) in [5.41, 5.74) is -0.925. The summed E-state index contributed by atoms with van der Waals surface area (Å²) < 4.78 is 33.8. The summed E-state index contributed by atoms with van der Waals surface area (Å²) in [5.74, 6) is 1.01. The van der Waals surface area contributed by atoms with Gasteiger partial charge in [0, 0.05) is 32.7 Å². The number of nitriles is 1. The van der Waals surface area contributed by atoms with Crippen molar-refractivity contribution in [3.05, 3.63) is 0 Å². The average Bonchev–Trinajstić information content (AvgIpc) is 3.31. The minimum Gasteiger partial charge on any atom is -0.378 e. The van der Waals surface area contributed by atoms with Crippen LogP contribution in [0.4, 0.5) is 0 Å². The van der Waals surface area contributed by atoms with Crippen molar-refractivity contribution in [2.45, 2.75) is 88.6 Å². The number of amides is 1. The number of guanidine groups is 1. The lowest BCUT2D eigenvalue weighted by molar-refractivity contribution is -0.124. The first kappa shape index (κ1) is 29.1. The van der Waals surface area contributed by atoms with Gasteiger partial charge in [0.15, 0.2) is 0 Å². The van der Waals surface area contributed by atoms with E-state index >= 15 is 0 Å². The maximum atomic E-state index is 13.8. The molecule has 2 saturated carbocycles. The van der Waals surface area contributed by atoms with Gasteiger partial charge < -0.3 is 20.3 Å². The normalized spacial score (nSPS) is 27.6. The van der Waals surface area contributed by atoms with Crippen LogP contribution in [-0.4, -0.2) is 93.9 Å². The molecule has 38 heavy (non-hydrogen) atoms. The Morgan fingerprint density at radius 1 is 1.05 bits per heavy atom. The number of nitrogens with one attached hydrogen (secondary N) is 2. The van der Waals surface area contributed by atoms with E-state index < -0.39 is 21.6 Å². The van der Waals surface area contributed by atoms with Gasteiger partial charge in [-0.05, 0) is 37.5 Å². The molecule has 0 radical (unpaired) electrons. The molecule has 0 aromatic carbocycles. The number of carbonyl (C=O) groups is 1. The molecule has 2 aliphatic carbocycles. The SMILES string of the molecule is CS(=O)(=O)N=C(NC(CC1CCCCC1)C(=O)NC1(C#N)CCN(CC2CCCCC2)C1)N1CCOCC1. The molecule has 4 fully saturated rings. The zero-order valence-corrected chi connectivity index (χ0v) is 23.8. The highest BCUT2D eigenvalue weighted by atomic mass is 32.2. The lowest BCUT2D eigenvalue weighted by Crippen LogP contribution is -2.59. The van der Waals surface area contributed by atoms with Crippen molar-refractivity contribution in [2.24, 2.45) is 16.2 Å². The standard InChI is InChI=1S/C27H46N6O4S/c1-38(35,36)31-26(33-14-16-37-17-15-33)29-24(18-22-8-4-2-5-9-22)25(34)30-27(20-28)12-13-32(21-27)19-23-10-6-3-7-11-23/h22-24H,2-19,21H2,1H3,(H,29,31)(H,30,34). The van der Waals surface area contributed by atoms with Crippen molar-refractivity contribution in [3.63, 3.8) is 0 Å². The second kappa shape index (κ2) is 13.4. The van der Waals surface area contributed by atoms with Gasteiger partial charge >= 0.3 is 0 Å². The van der Waals surface area contributed by atoms with Gasteiger partial charge in [-0.25, -0.2) is 8.42 Å². The van der Waals surface area contributed by atoms with Gasteiger partial charge in [-0.15, -0.1) is 4.40 Å². The predicted molar refractivity (Wildman–Crippen MR) is 147 cm³/mol. The molecule has 2 atom stereocenters. The van der Waals surface area contributed by atoms with E-state index in [-0.39, 0.29) is 11.9 Å². The van der Waals surface area contributed by atoms with Gasteiger partial charge in [-0.1, -0.05) is 51.4 Å². The molecule has 2 saturated heterocycles. The Labute approximate surface area is 228 Å². The summed E-state index contributed by atoms with van der Waals surface area (Å²) in [6.07, 6.45) is 14.3. The molecule has 0 spiro atoms. The number of likely N-dealkylation sites (tertiary alicyclic amines) is 1. The first-order valence-corrected chi connectivity index (χ1v) is 16.4. The highest BCUT2D eigenvalue weighted by Gasteiger charge is 2.42. The van der Waals surface area contributed by atoms with E-state index in [2.05, 4.69) is 26.0 Å². The Balaban J connectivity index is 1.48. The van der Waals surface area contributed by atoms with Crippen LogP contribution in [0.5, 0.6) is 0 Å². The number of hydrogen-bond donors (Lipinski definition) is 2. The highest BCUT2D eigenvalue weighted by molar-refractivity contribution is 7.89. The number of ether oxygens (including phenoxy) is 1. The van der Waals surface area contributed by atoms with Gasteiger partial charge in [0.1, 0.15) is 11.6 Å². The fourth-order valence-corrected chi connectivity index (χ4v) is 7.06. The Bertz CT molecular complexity index is 965. The van der Waals surface area contributed by atoms with Crippen LogP contribution in [0.15, 0.2) is 4.40 Å². The summed E-state index contributed by atoms with van der Waals surface area (Å²) in [7, 11) is -3.69. The first-order chi connectivity index (χ1) is 18.3. The van der Waals surface area contributed by atoms with E-state index in [1.807, 2.05) is 4.90 Å². The maximum absolute atomic E-state index is 13.8. The fourth-order valence-electron chi connectivity index (χ4n) is 6.57. The molecule has 4 aliphatic rings. The molecule has 2 heterocycles. The van der Waals surface area contributed by atoms with Crippen LogP contribution in [0.3, 0.4) is 0 Å². The van der Waals surface area contributed by atoms with E-state index in [0.29, 0.717) is 57.5 Å². The molecule has 1 amide bonds. The third kappa shape index (κ3) is 8.55. The molecule has 11 heteroatoms. The van der Waals surface area contributed by atoms with Crippen molar-refractivity contribution in [1.82, 2.24) is 20.4 Å². The molecule has 2 unspecified atom stereocenters. The Morgan fingerprint density at radius 3 is 2.29 bits per heavy atom. The van der Waals surface area contributed by atoms with Gasteiger partial charge in [-0.3, -0.25) is 9.69 Å². The molecule has 2 aliphatic heterocycles. The van der Waals surface area contributed by atoms with Crippen LogP contribution in [0, 0.1) is 23.2 Å². The lowest BCUT2D eigenvalue weighted by Gasteiger charge is -2.34.